The normalized spacial score (nSPS) is 23.2. The van der Waals surface area contributed by atoms with Crippen molar-refractivity contribution in [3.63, 3.8) is 0 Å². The Morgan fingerprint density at radius 2 is 2.10 bits per heavy atom. The van der Waals surface area contributed by atoms with Gasteiger partial charge in [0.15, 0.2) is 0 Å². The van der Waals surface area contributed by atoms with E-state index in [0.29, 0.717) is 17.4 Å². The molecular formula is C13H13BrF3NO2. The Balaban J connectivity index is 2.31. The fraction of sp³-hybridized carbons (Fsp3) is 0.462. The van der Waals surface area contributed by atoms with Gasteiger partial charge in [-0.3, -0.25) is 4.79 Å². The SMILES string of the molecule is CC1(O)CCN(C(=O)c2cc(C(F)(F)F)ccc2Br)C1. The molecule has 3 nitrogen and oxygen atoms in total. The zero-order valence-electron chi connectivity index (χ0n) is 10.7. The summed E-state index contributed by atoms with van der Waals surface area (Å²) >= 11 is 3.10. The Hall–Kier alpha value is -1.08. The van der Waals surface area contributed by atoms with E-state index >= 15 is 0 Å². The lowest BCUT2D eigenvalue weighted by Crippen LogP contribution is -2.34. The average molecular weight is 352 g/mol. The first-order chi connectivity index (χ1) is 9.10. The summed E-state index contributed by atoms with van der Waals surface area (Å²) in [4.78, 5) is 13.6. The maximum Gasteiger partial charge on any atom is 0.416 e. The lowest BCUT2D eigenvalue weighted by Gasteiger charge is -2.20. The second-order valence-electron chi connectivity index (χ2n) is 5.17. The number of amides is 1. The molecule has 1 aromatic rings. The molecule has 1 aliphatic rings. The van der Waals surface area contributed by atoms with Gasteiger partial charge in [0.2, 0.25) is 0 Å². The highest BCUT2D eigenvalue weighted by atomic mass is 79.9. The topological polar surface area (TPSA) is 40.5 Å². The first-order valence-electron chi connectivity index (χ1n) is 5.98. The maximum atomic E-state index is 12.7. The summed E-state index contributed by atoms with van der Waals surface area (Å²) < 4.78 is 38.4. The van der Waals surface area contributed by atoms with Gasteiger partial charge in [0.1, 0.15) is 0 Å². The largest absolute Gasteiger partial charge is 0.416 e. The number of β-amino-alcohol motifs (C(OH)–C–C–N with tert-alkyl or cyclic N) is 1. The summed E-state index contributed by atoms with van der Waals surface area (Å²) in [5.41, 5.74) is -1.89. The highest BCUT2D eigenvalue weighted by Crippen LogP contribution is 2.33. The van der Waals surface area contributed by atoms with E-state index in [9.17, 15) is 23.1 Å². The van der Waals surface area contributed by atoms with E-state index in [-0.39, 0.29) is 12.1 Å². The van der Waals surface area contributed by atoms with Crippen molar-refractivity contribution < 1.29 is 23.1 Å². The van der Waals surface area contributed by atoms with Crippen LogP contribution < -0.4 is 0 Å². The Morgan fingerprint density at radius 3 is 2.60 bits per heavy atom. The lowest BCUT2D eigenvalue weighted by molar-refractivity contribution is -0.137. The molecule has 110 valence electrons. The predicted molar refractivity (Wildman–Crippen MR) is 70.3 cm³/mol. The Morgan fingerprint density at radius 1 is 1.45 bits per heavy atom. The third-order valence-corrected chi connectivity index (χ3v) is 3.95. The molecule has 0 aromatic heterocycles. The molecule has 20 heavy (non-hydrogen) atoms. The molecule has 1 atom stereocenters. The maximum absolute atomic E-state index is 12.7. The van der Waals surface area contributed by atoms with Gasteiger partial charge in [-0.05, 0) is 47.5 Å². The van der Waals surface area contributed by atoms with Crippen LogP contribution in [-0.4, -0.2) is 34.6 Å². The van der Waals surface area contributed by atoms with E-state index in [4.69, 9.17) is 0 Å². The van der Waals surface area contributed by atoms with Gasteiger partial charge in [-0.1, -0.05) is 0 Å². The fourth-order valence-electron chi connectivity index (χ4n) is 2.15. The number of alkyl halides is 3. The van der Waals surface area contributed by atoms with Crippen LogP contribution in [0.15, 0.2) is 22.7 Å². The van der Waals surface area contributed by atoms with Crippen molar-refractivity contribution in [1.82, 2.24) is 4.90 Å². The molecule has 0 saturated carbocycles. The van der Waals surface area contributed by atoms with Crippen molar-refractivity contribution in [3.8, 4) is 0 Å². The van der Waals surface area contributed by atoms with Gasteiger partial charge in [-0.2, -0.15) is 13.2 Å². The Kier molecular flexibility index (Phi) is 3.85. The van der Waals surface area contributed by atoms with Crippen LogP contribution in [0.25, 0.3) is 0 Å². The summed E-state index contributed by atoms with van der Waals surface area (Å²) in [7, 11) is 0. The zero-order valence-corrected chi connectivity index (χ0v) is 12.3. The molecule has 0 bridgehead atoms. The van der Waals surface area contributed by atoms with Gasteiger partial charge in [0.25, 0.3) is 5.91 Å². The van der Waals surface area contributed by atoms with Crippen molar-refractivity contribution in [2.24, 2.45) is 0 Å². The molecule has 0 aliphatic carbocycles. The molecular weight excluding hydrogens is 339 g/mol. The van der Waals surface area contributed by atoms with E-state index in [1.807, 2.05) is 0 Å². The van der Waals surface area contributed by atoms with Crippen LogP contribution in [0.2, 0.25) is 0 Å². The third-order valence-electron chi connectivity index (χ3n) is 3.26. The molecule has 1 unspecified atom stereocenters. The molecule has 2 rings (SSSR count). The summed E-state index contributed by atoms with van der Waals surface area (Å²) in [6, 6.07) is 2.96. The van der Waals surface area contributed by atoms with Gasteiger partial charge in [-0.25, -0.2) is 0 Å². The van der Waals surface area contributed by atoms with Crippen LogP contribution in [0, 0.1) is 0 Å². The number of likely N-dealkylation sites (tertiary alicyclic amines) is 1. The molecule has 0 spiro atoms. The average Bonchev–Trinajstić information content (AvgIpc) is 2.68. The molecule has 1 aromatic carbocycles. The van der Waals surface area contributed by atoms with Crippen LogP contribution in [0.5, 0.6) is 0 Å². The van der Waals surface area contributed by atoms with Gasteiger partial charge in [0.05, 0.1) is 16.7 Å². The molecule has 1 fully saturated rings. The van der Waals surface area contributed by atoms with E-state index in [2.05, 4.69) is 15.9 Å². The summed E-state index contributed by atoms with van der Waals surface area (Å²) in [6.07, 6.45) is -4.08. The predicted octanol–water partition coefficient (Wildman–Crippen LogP) is 3.06. The van der Waals surface area contributed by atoms with E-state index < -0.39 is 23.2 Å². The number of aliphatic hydroxyl groups is 1. The van der Waals surface area contributed by atoms with Crippen LogP contribution in [0.4, 0.5) is 13.2 Å². The summed E-state index contributed by atoms with van der Waals surface area (Å²) in [6.45, 7) is 2.05. The minimum atomic E-state index is -4.49. The van der Waals surface area contributed by atoms with E-state index in [0.717, 1.165) is 12.1 Å². The van der Waals surface area contributed by atoms with Crippen LogP contribution in [-0.2, 0) is 6.18 Å². The zero-order chi connectivity index (χ0) is 15.1. The van der Waals surface area contributed by atoms with E-state index in [1.54, 1.807) is 6.92 Å². The second-order valence-corrected chi connectivity index (χ2v) is 6.02. The molecule has 1 aliphatic heterocycles. The third kappa shape index (κ3) is 3.15. The fourth-order valence-corrected chi connectivity index (χ4v) is 2.57. The molecule has 1 N–H and O–H groups in total. The number of hydrogen-bond donors (Lipinski definition) is 1. The van der Waals surface area contributed by atoms with Gasteiger partial charge >= 0.3 is 6.18 Å². The highest BCUT2D eigenvalue weighted by Gasteiger charge is 2.36. The number of hydrogen-bond acceptors (Lipinski definition) is 2. The number of carbonyl (C=O) groups excluding carboxylic acids is 1. The molecule has 7 heteroatoms. The monoisotopic (exact) mass is 351 g/mol. The van der Waals surface area contributed by atoms with Crippen molar-refractivity contribution in [3.05, 3.63) is 33.8 Å². The van der Waals surface area contributed by atoms with Gasteiger partial charge < -0.3 is 10.0 Å². The summed E-state index contributed by atoms with van der Waals surface area (Å²) in [5.74, 6) is -0.513. The molecule has 1 amide bonds. The molecule has 1 heterocycles. The number of carbonyl (C=O) groups is 1. The highest BCUT2D eigenvalue weighted by molar-refractivity contribution is 9.10. The Bertz CT molecular complexity index is 543. The molecule has 1 saturated heterocycles. The first-order valence-corrected chi connectivity index (χ1v) is 6.78. The quantitative estimate of drug-likeness (QED) is 0.844. The smallest absolute Gasteiger partial charge is 0.388 e. The van der Waals surface area contributed by atoms with Crippen molar-refractivity contribution in [2.45, 2.75) is 25.1 Å². The number of rotatable bonds is 1. The Labute approximate surface area is 122 Å². The standard InChI is InChI=1S/C13H13BrF3NO2/c1-12(20)4-5-18(7-12)11(19)9-6-8(13(15,16)17)2-3-10(9)14/h2-3,6,20H,4-5,7H2,1H3. The number of halogens is 4. The second kappa shape index (κ2) is 5.04. The minimum Gasteiger partial charge on any atom is -0.388 e. The van der Waals surface area contributed by atoms with Crippen molar-refractivity contribution in [2.75, 3.05) is 13.1 Å². The minimum absolute atomic E-state index is 0.0440. The molecule has 0 radical (unpaired) electrons. The lowest BCUT2D eigenvalue weighted by atomic mass is 10.1. The van der Waals surface area contributed by atoms with Crippen molar-refractivity contribution >= 4 is 21.8 Å². The number of nitrogens with zero attached hydrogens (tertiary/aromatic N) is 1. The van der Waals surface area contributed by atoms with Crippen LogP contribution >= 0.6 is 15.9 Å². The van der Waals surface area contributed by atoms with Crippen LogP contribution in [0.1, 0.15) is 29.3 Å². The van der Waals surface area contributed by atoms with Crippen LogP contribution in [0.3, 0.4) is 0 Å². The van der Waals surface area contributed by atoms with Gasteiger partial charge in [-0.15, -0.1) is 0 Å². The van der Waals surface area contributed by atoms with Crippen molar-refractivity contribution in [1.29, 1.82) is 0 Å². The number of benzene rings is 1. The first kappa shape index (κ1) is 15.3. The van der Waals surface area contributed by atoms with E-state index in [1.165, 1.54) is 11.0 Å². The van der Waals surface area contributed by atoms with Gasteiger partial charge in [0, 0.05) is 17.6 Å². The summed E-state index contributed by atoms with van der Waals surface area (Å²) in [5, 5.41) is 9.83.